The summed E-state index contributed by atoms with van der Waals surface area (Å²) in [4.78, 5) is 24.0. The van der Waals surface area contributed by atoms with E-state index >= 15 is 0 Å². The molecule has 0 aliphatic heterocycles. The highest BCUT2D eigenvalue weighted by molar-refractivity contribution is 6.30. The number of hydrogen-bond acceptors (Lipinski definition) is 5. The monoisotopic (exact) mass is 533 g/mol. The standard InChI is InChI=1S/C26H23ClF3N3O4/c1-36-23-13-18(7-10-22(23)37-16-17-5-8-20(27)9-6-17)15-31-33-25(35)12-11-24(34)32-21-4-2-3-19(14-21)26(28,29)30/h2-10,13-15H,11-12,16H2,1H3,(H,32,34)(H,33,35). The number of anilines is 1. The maximum atomic E-state index is 12.8. The van der Waals surface area contributed by atoms with E-state index in [2.05, 4.69) is 15.8 Å². The molecule has 3 aromatic carbocycles. The van der Waals surface area contributed by atoms with Crippen molar-refractivity contribution < 1.29 is 32.2 Å². The molecule has 2 N–H and O–H groups in total. The Morgan fingerprint density at radius 3 is 2.41 bits per heavy atom. The molecule has 11 heteroatoms. The first-order valence-electron chi connectivity index (χ1n) is 11.0. The predicted molar refractivity (Wildman–Crippen MR) is 134 cm³/mol. The van der Waals surface area contributed by atoms with Crippen molar-refractivity contribution in [2.24, 2.45) is 5.10 Å². The lowest BCUT2D eigenvalue weighted by atomic mass is 10.2. The average Bonchev–Trinajstić information content (AvgIpc) is 2.87. The van der Waals surface area contributed by atoms with Gasteiger partial charge in [0, 0.05) is 23.6 Å². The average molecular weight is 534 g/mol. The second-order valence-electron chi connectivity index (χ2n) is 7.75. The van der Waals surface area contributed by atoms with Crippen molar-refractivity contribution in [1.82, 2.24) is 5.43 Å². The Kier molecular flexibility index (Phi) is 9.51. The highest BCUT2D eigenvalue weighted by Gasteiger charge is 2.30. The van der Waals surface area contributed by atoms with Gasteiger partial charge in [-0.3, -0.25) is 9.59 Å². The minimum atomic E-state index is -4.52. The number of hydrogen-bond donors (Lipinski definition) is 2. The quantitative estimate of drug-likeness (QED) is 0.254. The van der Waals surface area contributed by atoms with E-state index in [1.54, 1.807) is 30.3 Å². The summed E-state index contributed by atoms with van der Waals surface area (Å²) in [6.07, 6.45) is -3.56. The summed E-state index contributed by atoms with van der Waals surface area (Å²) in [6, 6.07) is 16.6. The molecule has 0 bridgehead atoms. The lowest BCUT2D eigenvalue weighted by Crippen LogP contribution is -2.20. The van der Waals surface area contributed by atoms with Gasteiger partial charge in [0.25, 0.3) is 0 Å². The molecule has 0 radical (unpaired) electrons. The molecule has 0 heterocycles. The zero-order valence-corrected chi connectivity index (χ0v) is 20.4. The fraction of sp³-hybridized carbons (Fsp3) is 0.192. The highest BCUT2D eigenvalue weighted by atomic mass is 35.5. The van der Waals surface area contributed by atoms with Gasteiger partial charge in [0.2, 0.25) is 11.8 Å². The van der Waals surface area contributed by atoms with Crippen LogP contribution in [0.15, 0.2) is 71.8 Å². The largest absolute Gasteiger partial charge is 0.493 e. The van der Waals surface area contributed by atoms with Gasteiger partial charge < -0.3 is 14.8 Å². The molecule has 194 valence electrons. The third-order valence-corrected chi connectivity index (χ3v) is 5.20. The zero-order chi connectivity index (χ0) is 26.8. The SMILES string of the molecule is COc1cc(C=NNC(=O)CCC(=O)Nc2cccc(C(F)(F)F)c2)ccc1OCc1ccc(Cl)cc1. The number of nitrogens with one attached hydrogen (secondary N) is 2. The number of halogens is 4. The minimum Gasteiger partial charge on any atom is -0.493 e. The van der Waals surface area contributed by atoms with Crippen LogP contribution in [0.1, 0.15) is 29.5 Å². The van der Waals surface area contributed by atoms with E-state index in [9.17, 15) is 22.8 Å². The van der Waals surface area contributed by atoms with Crippen molar-refractivity contribution in [2.75, 3.05) is 12.4 Å². The predicted octanol–water partition coefficient (Wildman–Crippen LogP) is 5.82. The summed E-state index contributed by atoms with van der Waals surface area (Å²) >= 11 is 5.88. The molecule has 0 unspecified atom stereocenters. The van der Waals surface area contributed by atoms with E-state index in [-0.39, 0.29) is 18.5 Å². The summed E-state index contributed by atoms with van der Waals surface area (Å²) < 4.78 is 49.5. The number of benzene rings is 3. The molecule has 0 atom stereocenters. The van der Waals surface area contributed by atoms with Gasteiger partial charge in [0.05, 0.1) is 18.9 Å². The Bertz CT molecular complexity index is 1260. The Hall–Kier alpha value is -4.05. The third kappa shape index (κ3) is 8.84. The number of alkyl halides is 3. The van der Waals surface area contributed by atoms with E-state index in [1.807, 2.05) is 12.1 Å². The summed E-state index contributed by atoms with van der Waals surface area (Å²) in [5.41, 5.74) is 2.97. The van der Waals surface area contributed by atoms with Crippen LogP contribution in [-0.2, 0) is 22.4 Å². The van der Waals surface area contributed by atoms with Crippen LogP contribution in [-0.4, -0.2) is 25.1 Å². The van der Waals surface area contributed by atoms with Crippen LogP contribution in [0.4, 0.5) is 18.9 Å². The molecular formula is C26H23ClF3N3O4. The molecule has 2 amide bonds. The molecule has 37 heavy (non-hydrogen) atoms. The lowest BCUT2D eigenvalue weighted by molar-refractivity contribution is -0.137. The number of amides is 2. The normalized spacial score (nSPS) is 11.3. The second kappa shape index (κ2) is 12.8. The van der Waals surface area contributed by atoms with Gasteiger partial charge >= 0.3 is 6.18 Å². The number of nitrogens with zero attached hydrogens (tertiary/aromatic N) is 1. The van der Waals surface area contributed by atoms with Crippen LogP contribution >= 0.6 is 11.6 Å². The Labute approximate surface area is 216 Å². The number of hydrazone groups is 1. The molecule has 0 aromatic heterocycles. The van der Waals surface area contributed by atoms with Gasteiger partial charge in [-0.05, 0) is 59.7 Å². The molecule has 3 aromatic rings. The van der Waals surface area contributed by atoms with Crippen molar-refractivity contribution in [1.29, 1.82) is 0 Å². The van der Waals surface area contributed by atoms with E-state index in [1.165, 1.54) is 25.5 Å². The van der Waals surface area contributed by atoms with Gasteiger partial charge in [-0.15, -0.1) is 0 Å². The fourth-order valence-electron chi connectivity index (χ4n) is 3.08. The topological polar surface area (TPSA) is 89.0 Å². The summed E-state index contributed by atoms with van der Waals surface area (Å²) in [7, 11) is 1.50. The Balaban J connectivity index is 1.46. The van der Waals surface area contributed by atoms with Gasteiger partial charge in [0.1, 0.15) is 6.61 Å². The first-order chi connectivity index (χ1) is 17.6. The molecular weight excluding hydrogens is 511 g/mol. The molecule has 0 aliphatic rings. The number of carbonyl (C=O) groups excluding carboxylic acids is 2. The number of ether oxygens (including phenoxy) is 2. The van der Waals surface area contributed by atoms with Crippen molar-refractivity contribution in [3.8, 4) is 11.5 Å². The van der Waals surface area contributed by atoms with Crippen molar-refractivity contribution in [2.45, 2.75) is 25.6 Å². The van der Waals surface area contributed by atoms with Crippen LogP contribution in [0.2, 0.25) is 5.02 Å². The molecule has 0 aliphatic carbocycles. The fourth-order valence-corrected chi connectivity index (χ4v) is 3.21. The van der Waals surface area contributed by atoms with Gasteiger partial charge in [-0.2, -0.15) is 18.3 Å². The van der Waals surface area contributed by atoms with Gasteiger partial charge in [0.15, 0.2) is 11.5 Å². The lowest BCUT2D eigenvalue weighted by Gasteiger charge is -2.11. The molecule has 7 nitrogen and oxygen atoms in total. The van der Waals surface area contributed by atoms with Crippen LogP contribution in [0, 0.1) is 0 Å². The summed E-state index contributed by atoms with van der Waals surface area (Å²) in [5.74, 6) is -0.149. The van der Waals surface area contributed by atoms with Crippen LogP contribution in [0.3, 0.4) is 0 Å². The first kappa shape index (κ1) is 27.5. The highest BCUT2D eigenvalue weighted by Crippen LogP contribution is 2.31. The van der Waals surface area contributed by atoms with Crippen molar-refractivity contribution in [3.05, 3.63) is 88.4 Å². The van der Waals surface area contributed by atoms with Crippen LogP contribution in [0.5, 0.6) is 11.5 Å². The molecule has 0 fully saturated rings. The second-order valence-corrected chi connectivity index (χ2v) is 8.18. The number of carbonyl (C=O) groups is 2. The maximum Gasteiger partial charge on any atom is 0.416 e. The number of methoxy groups -OCH3 is 1. The first-order valence-corrected chi connectivity index (χ1v) is 11.4. The summed E-state index contributed by atoms with van der Waals surface area (Å²) in [6.45, 7) is 0.318. The van der Waals surface area contributed by atoms with Gasteiger partial charge in [-0.1, -0.05) is 29.8 Å². The van der Waals surface area contributed by atoms with Crippen molar-refractivity contribution in [3.63, 3.8) is 0 Å². The zero-order valence-electron chi connectivity index (χ0n) is 19.6. The van der Waals surface area contributed by atoms with Crippen LogP contribution in [0.25, 0.3) is 0 Å². The smallest absolute Gasteiger partial charge is 0.416 e. The Morgan fingerprint density at radius 2 is 1.70 bits per heavy atom. The molecule has 3 rings (SSSR count). The molecule has 0 spiro atoms. The third-order valence-electron chi connectivity index (χ3n) is 4.95. The Morgan fingerprint density at radius 1 is 0.973 bits per heavy atom. The van der Waals surface area contributed by atoms with E-state index in [4.69, 9.17) is 21.1 Å². The van der Waals surface area contributed by atoms with E-state index in [0.717, 1.165) is 17.7 Å². The maximum absolute atomic E-state index is 12.8. The van der Waals surface area contributed by atoms with Crippen molar-refractivity contribution >= 4 is 35.3 Å². The molecule has 0 saturated carbocycles. The van der Waals surface area contributed by atoms with E-state index < -0.39 is 23.6 Å². The summed E-state index contributed by atoms with van der Waals surface area (Å²) in [5, 5.41) is 6.84. The minimum absolute atomic E-state index is 0.00667. The van der Waals surface area contributed by atoms with Crippen LogP contribution < -0.4 is 20.2 Å². The molecule has 0 saturated heterocycles. The number of rotatable bonds is 10. The van der Waals surface area contributed by atoms with Gasteiger partial charge in [-0.25, -0.2) is 5.43 Å². The van der Waals surface area contributed by atoms with E-state index in [0.29, 0.717) is 28.7 Å².